The van der Waals surface area contributed by atoms with Gasteiger partial charge in [0.1, 0.15) is 0 Å². The second kappa shape index (κ2) is 7.07. The van der Waals surface area contributed by atoms with Crippen molar-refractivity contribution in [1.29, 1.82) is 0 Å². The number of rotatable bonds is 3. The Labute approximate surface area is 126 Å². The number of aryl methyl sites for hydroxylation is 3. The van der Waals surface area contributed by atoms with E-state index in [1.165, 1.54) is 22.3 Å². The molecule has 1 aliphatic rings. The molecule has 5 heteroatoms. The van der Waals surface area contributed by atoms with Crippen LogP contribution in [0.25, 0.3) is 0 Å². The van der Waals surface area contributed by atoms with Crippen LogP contribution in [-0.4, -0.2) is 29.7 Å². The summed E-state index contributed by atoms with van der Waals surface area (Å²) in [6, 6.07) is 4.00. The van der Waals surface area contributed by atoms with E-state index in [-0.39, 0.29) is 24.4 Å². The molecule has 1 heterocycles. The summed E-state index contributed by atoms with van der Waals surface area (Å²) in [5.41, 5.74) is 4.83. The number of amides is 1. The van der Waals surface area contributed by atoms with Crippen LogP contribution in [0, 0.1) is 20.8 Å². The van der Waals surface area contributed by atoms with Gasteiger partial charge in [0.2, 0.25) is 5.91 Å². The van der Waals surface area contributed by atoms with Crippen LogP contribution in [0.2, 0.25) is 0 Å². The Morgan fingerprint density at radius 3 is 2.45 bits per heavy atom. The number of carbonyl (C=O) groups is 1. The van der Waals surface area contributed by atoms with Crippen molar-refractivity contribution >= 4 is 18.3 Å². The Bertz CT molecular complexity index is 468. The van der Waals surface area contributed by atoms with Crippen molar-refractivity contribution in [3.05, 3.63) is 34.4 Å². The number of aliphatic hydroxyl groups excluding tert-OH is 1. The van der Waals surface area contributed by atoms with E-state index in [0.717, 1.165) is 0 Å². The number of β-amino-alcohol motifs (C(OH)–C–C–N with tert-alkyl or cyclic N) is 1. The van der Waals surface area contributed by atoms with Gasteiger partial charge in [-0.15, -0.1) is 12.4 Å². The van der Waals surface area contributed by atoms with Crippen molar-refractivity contribution in [2.75, 3.05) is 6.54 Å². The van der Waals surface area contributed by atoms with Crippen LogP contribution in [0.5, 0.6) is 0 Å². The molecule has 2 atom stereocenters. The largest absolute Gasteiger partial charge is 0.392 e. The van der Waals surface area contributed by atoms with E-state index >= 15 is 0 Å². The number of aliphatic hydroxyl groups is 1. The Balaban J connectivity index is 0.00000200. The summed E-state index contributed by atoms with van der Waals surface area (Å²) >= 11 is 0. The summed E-state index contributed by atoms with van der Waals surface area (Å²) in [5, 5.41) is 15.4. The number of halogens is 1. The standard InChI is InChI=1S/C15H22N2O2.ClH/c1-9-4-10(2)13(11(3)5-9)8-17-15(19)14-6-12(18)7-16-14;/h4-5,12,14,16,18H,6-8H2,1-3H3,(H,17,19);1H. The molecule has 1 amide bonds. The molecule has 4 nitrogen and oxygen atoms in total. The molecule has 1 aromatic rings. The third-order valence-corrected chi connectivity index (χ3v) is 3.70. The number of nitrogens with one attached hydrogen (secondary N) is 2. The molecule has 112 valence electrons. The van der Waals surface area contributed by atoms with Crippen molar-refractivity contribution in [2.24, 2.45) is 0 Å². The zero-order valence-corrected chi connectivity index (χ0v) is 13.0. The number of carbonyl (C=O) groups excluding carboxylic acids is 1. The molecule has 0 bridgehead atoms. The molecule has 20 heavy (non-hydrogen) atoms. The predicted molar refractivity (Wildman–Crippen MR) is 82.2 cm³/mol. The van der Waals surface area contributed by atoms with Crippen LogP contribution < -0.4 is 10.6 Å². The van der Waals surface area contributed by atoms with Gasteiger partial charge < -0.3 is 15.7 Å². The molecule has 1 aliphatic heterocycles. The lowest BCUT2D eigenvalue weighted by molar-refractivity contribution is -0.123. The van der Waals surface area contributed by atoms with Gasteiger partial charge in [0.25, 0.3) is 0 Å². The Hall–Kier alpha value is -1.10. The first-order chi connectivity index (χ1) is 8.97. The summed E-state index contributed by atoms with van der Waals surface area (Å²) in [4.78, 5) is 12.0. The highest BCUT2D eigenvalue weighted by molar-refractivity contribution is 5.85. The van der Waals surface area contributed by atoms with Crippen molar-refractivity contribution in [2.45, 2.75) is 45.9 Å². The molecule has 1 aromatic carbocycles. The van der Waals surface area contributed by atoms with Gasteiger partial charge in [-0.25, -0.2) is 0 Å². The summed E-state index contributed by atoms with van der Waals surface area (Å²) < 4.78 is 0. The highest BCUT2D eigenvalue weighted by atomic mass is 35.5. The molecule has 1 saturated heterocycles. The molecule has 1 fully saturated rings. The topological polar surface area (TPSA) is 61.4 Å². The summed E-state index contributed by atoms with van der Waals surface area (Å²) in [6.07, 6.45) is 0.0936. The maximum absolute atomic E-state index is 12.0. The van der Waals surface area contributed by atoms with E-state index in [2.05, 4.69) is 43.5 Å². The molecule has 0 aliphatic carbocycles. The number of hydrogen-bond donors (Lipinski definition) is 3. The molecule has 0 saturated carbocycles. The van der Waals surface area contributed by atoms with E-state index in [1.54, 1.807) is 0 Å². The lowest BCUT2D eigenvalue weighted by atomic mass is 10.00. The fourth-order valence-corrected chi connectivity index (χ4v) is 2.70. The summed E-state index contributed by atoms with van der Waals surface area (Å²) in [6.45, 7) is 7.26. The highest BCUT2D eigenvalue weighted by Crippen LogP contribution is 2.16. The Kier molecular flexibility index (Phi) is 5.99. The first-order valence-electron chi connectivity index (χ1n) is 6.73. The van der Waals surface area contributed by atoms with E-state index in [1.807, 2.05) is 0 Å². The monoisotopic (exact) mass is 298 g/mol. The highest BCUT2D eigenvalue weighted by Gasteiger charge is 2.27. The molecule has 2 unspecified atom stereocenters. The van der Waals surface area contributed by atoms with Crippen LogP contribution in [0.15, 0.2) is 12.1 Å². The van der Waals surface area contributed by atoms with Crippen molar-refractivity contribution < 1.29 is 9.90 Å². The third-order valence-electron chi connectivity index (χ3n) is 3.70. The minimum atomic E-state index is -0.404. The molecule has 0 radical (unpaired) electrons. The lowest BCUT2D eigenvalue weighted by Crippen LogP contribution is -2.40. The third kappa shape index (κ3) is 3.95. The van der Waals surface area contributed by atoms with Crippen LogP contribution in [0.4, 0.5) is 0 Å². The lowest BCUT2D eigenvalue weighted by Gasteiger charge is -2.15. The minimum Gasteiger partial charge on any atom is -0.392 e. The molecule has 0 spiro atoms. The minimum absolute atomic E-state index is 0. The Morgan fingerprint density at radius 2 is 1.95 bits per heavy atom. The first-order valence-corrected chi connectivity index (χ1v) is 6.73. The predicted octanol–water partition coefficient (Wildman–Crippen LogP) is 1.37. The van der Waals surface area contributed by atoms with Crippen LogP contribution in [0.1, 0.15) is 28.7 Å². The fraction of sp³-hybridized carbons (Fsp3) is 0.533. The van der Waals surface area contributed by atoms with E-state index in [4.69, 9.17) is 0 Å². The van der Waals surface area contributed by atoms with Crippen molar-refractivity contribution in [3.63, 3.8) is 0 Å². The van der Waals surface area contributed by atoms with E-state index < -0.39 is 6.10 Å². The number of benzene rings is 1. The molecular weight excluding hydrogens is 276 g/mol. The first kappa shape index (κ1) is 17.0. The fourth-order valence-electron chi connectivity index (χ4n) is 2.70. The van der Waals surface area contributed by atoms with Gasteiger partial charge in [-0.2, -0.15) is 0 Å². The normalized spacial score (nSPS) is 21.4. The zero-order valence-electron chi connectivity index (χ0n) is 12.2. The molecule has 3 N–H and O–H groups in total. The second-order valence-electron chi connectivity index (χ2n) is 5.45. The number of hydrogen-bond acceptors (Lipinski definition) is 3. The van der Waals surface area contributed by atoms with Crippen LogP contribution in [0.3, 0.4) is 0 Å². The van der Waals surface area contributed by atoms with Gasteiger partial charge in [0, 0.05) is 13.1 Å². The molecular formula is C15H23ClN2O2. The van der Waals surface area contributed by atoms with Gasteiger partial charge in [-0.3, -0.25) is 4.79 Å². The maximum Gasteiger partial charge on any atom is 0.237 e. The van der Waals surface area contributed by atoms with Gasteiger partial charge in [0.05, 0.1) is 12.1 Å². The average molecular weight is 299 g/mol. The van der Waals surface area contributed by atoms with Gasteiger partial charge in [-0.05, 0) is 43.9 Å². The second-order valence-corrected chi connectivity index (χ2v) is 5.45. The average Bonchev–Trinajstić information content (AvgIpc) is 2.74. The smallest absolute Gasteiger partial charge is 0.237 e. The molecule has 0 aromatic heterocycles. The van der Waals surface area contributed by atoms with E-state index in [0.29, 0.717) is 19.5 Å². The summed E-state index contributed by atoms with van der Waals surface area (Å²) in [7, 11) is 0. The quantitative estimate of drug-likeness (QED) is 0.790. The van der Waals surface area contributed by atoms with E-state index in [9.17, 15) is 9.90 Å². The van der Waals surface area contributed by atoms with Gasteiger partial charge in [0.15, 0.2) is 0 Å². The van der Waals surface area contributed by atoms with Crippen LogP contribution >= 0.6 is 12.4 Å². The van der Waals surface area contributed by atoms with Gasteiger partial charge in [-0.1, -0.05) is 17.7 Å². The summed E-state index contributed by atoms with van der Waals surface area (Å²) in [5.74, 6) is -0.0316. The van der Waals surface area contributed by atoms with Gasteiger partial charge >= 0.3 is 0 Å². The molecule has 2 rings (SSSR count). The van der Waals surface area contributed by atoms with Crippen molar-refractivity contribution in [1.82, 2.24) is 10.6 Å². The maximum atomic E-state index is 12.0. The van der Waals surface area contributed by atoms with Crippen LogP contribution in [-0.2, 0) is 11.3 Å². The zero-order chi connectivity index (χ0) is 14.0. The Morgan fingerprint density at radius 1 is 1.35 bits per heavy atom. The van der Waals surface area contributed by atoms with Crippen molar-refractivity contribution in [3.8, 4) is 0 Å². The SMILES string of the molecule is Cc1cc(C)c(CNC(=O)C2CC(O)CN2)c(C)c1.Cl.